The van der Waals surface area contributed by atoms with Crippen molar-refractivity contribution in [1.29, 1.82) is 0 Å². The van der Waals surface area contributed by atoms with Crippen LogP contribution >= 0.6 is 11.8 Å². The van der Waals surface area contributed by atoms with E-state index < -0.39 is 0 Å². The summed E-state index contributed by atoms with van der Waals surface area (Å²) in [4.78, 5) is 16.2. The van der Waals surface area contributed by atoms with Crippen LogP contribution in [0.25, 0.3) is 5.69 Å². The SMILES string of the molecule is COc1ccc(-n2cnnc2SCC(=O)Nc2ccc(C)cn2)cc1. The van der Waals surface area contributed by atoms with E-state index in [1.165, 1.54) is 11.8 Å². The summed E-state index contributed by atoms with van der Waals surface area (Å²) < 4.78 is 6.98. The number of anilines is 1. The second kappa shape index (κ2) is 7.80. The van der Waals surface area contributed by atoms with Crippen molar-refractivity contribution < 1.29 is 9.53 Å². The Hall–Kier alpha value is -2.87. The molecule has 0 unspecified atom stereocenters. The second-order valence-electron chi connectivity index (χ2n) is 5.24. The molecule has 1 amide bonds. The van der Waals surface area contributed by atoms with Crippen LogP contribution in [0.2, 0.25) is 0 Å². The van der Waals surface area contributed by atoms with Crippen molar-refractivity contribution in [2.75, 3.05) is 18.2 Å². The van der Waals surface area contributed by atoms with Crippen LogP contribution in [0.5, 0.6) is 5.75 Å². The minimum absolute atomic E-state index is 0.148. The van der Waals surface area contributed by atoms with Crippen LogP contribution in [0.15, 0.2) is 54.1 Å². The largest absolute Gasteiger partial charge is 0.497 e. The lowest BCUT2D eigenvalue weighted by Crippen LogP contribution is -2.15. The van der Waals surface area contributed by atoms with Gasteiger partial charge in [-0.1, -0.05) is 17.8 Å². The van der Waals surface area contributed by atoms with E-state index in [0.717, 1.165) is 17.0 Å². The van der Waals surface area contributed by atoms with Gasteiger partial charge in [-0.05, 0) is 42.8 Å². The van der Waals surface area contributed by atoms with E-state index in [2.05, 4.69) is 20.5 Å². The summed E-state index contributed by atoms with van der Waals surface area (Å²) in [5, 5.41) is 11.4. The number of nitrogens with zero attached hydrogens (tertiary/aromatic N) is 4. The fourth-order valence-electron chi connectivity index (χ4n) is 2.09. The number of aryl methyl sites for hydroxylation is 1. The maximum Gasteiger partial charge on any atom is 0.236 e. The van der Waals surface area contributed by atoms with Gasteiger partial charge in [0.05, 0.1) is 12.9 Å². The molecule has 8 heteroatoms. The average Bonchev–Trinajstić information content (AvgIpc) is 3.10. The summed E-state index contributed by atoms with van der Waals surface area (Å²) in [7, 11) is 1.62. The first-order chi connectivity index (χ1) is 12.2. The van der Waals surface area contributed by atoms with E-state index in [-0.39, 0.29) is 11.7 Å². The quantitative estimate of drug-likeness (QED) is 0.685. The zero-order valence-electron chi connectivity index (χ0n) is 13.8. The van der Waals surface area contributed by atoms with Gasteiger partial charge in [0.15, 0.2) is 5.16 Å². The molecule has 128 valence electrons. The first kappa shape index (κ1) is 17.0. The highest BCUT2D eigenvalue weighted by Gasteiger charge is 2.11. The zero-order valence-corrected chi connectivity index (χ0v) is 14.7. The number of hydrogen-bond acceptors (Lipinski definition) is 6. The second-order valence-corrected chi connectivity index (χ2v) is 6.18. The first-order valence-corrected chi connectivity index (χ1v) is 8.54. The molecule has 0 aliphatic heterocycles. The highest BCUT2D eigenvalue weighted by Crippen LogP contribution is 2.21. The maximum atomic E-state index is 12.1. The number of amides is 1. The first-order valence-electron chi connectivity index (χ1n) is 7.55. The molecule has 0 saturated heterocycles. The fraction of sp³-hybridized carbons (Fsp3) is 0.176. The Morgan fingerprint density at radius 1 is 1.24 bits per heavy atom. The Labute approximate surface area is 149 Å². The van der Waals surface area contributed by atoms with E-state index in [4.69, 9.17) is 4.74 Å². The Kier molecular flexibility index (Phi) is 5.30. The summed E-state index contributed by atoms with van der Waals surface area (Å²) in [6, 6.07) is 11.2. The Balaban J connectivity index is 1.62. The lowest BCUT2D eigenvalue weighted by Gasteiger charge is -2.07. The number of carbonyl (C=O) groups excluding carboxylic acids is 1. The number of pyridine rings is 1. The Morgan fingerprint density at radius 2 is 2.04 bits per heavy atom. The molecule has 0 aliphatic rings. The van der Waals surface area contributed by atoms with Crippen LogP contribution in [0.4, 0.5) is 5.82 Å². The zero-order chi connectivity index (χ0) is 17.6. The van der Waals surface area contributed by atoms with Gasteiger partial charge in [0.25, 0.3) is 0 Å². The van der Waals surface area contributed by atoms with Gasteiger partial charge in [-0.15, -0.1) is 10.2 Å². The number of rotatable bonds is 6. The molecule has 0 atom stereocenters. The van der Waals surface area contributed by atoms with Gasteiger partial charge in [-0.2, -0.15) is 0 Å². The monoisotopic (exact) mass is 355 g/mol. The minimum atomic E-state index is -0.148. The van der Waals surface area contributed by atoms with Crippen LogP contribution in [0, 0.1) is 6.92 Å². The fourth-order valence-corrected chi connectivity index (χ4v) is 2.82. The summed E-state index contributed by atoms with van der Waals surface area (Å²) in [6.45, 7) is 1.94. The number of methoxy groups -OCH3 is 1. The van der Waals surface area contributed by atoms with Gasteiger partial charge in [0.2, 0.25) is 5.91 Å². The summed E-state index contributed by atoms with van der Waals surface area (Å²) in [6.07, 6.45) is 3.33. The van der Waals surface area contributed by atoms with Crippen molar-refractivity contribution in [2.45, 2.75) is 12.1 Å². The van der Waals surface area contributed by atoms with Crippen molar-refractivity contribution in [3.8, 4) is 11.4 Å². The molecule has 0 spiro atoms. The van der Waals surface area contributed by atoms with Crippen molar-refractivity contribution in [1.82, 2.24) is 19.7 Å². The Bertz CT molecular complexity index is 846. The number of hydrogen-bond donors (Lipinski definition) is 1. The third kappa shape index (κ3) is 4.36. The van der Waals surface area contributed by atoms with E-state index in [0.29, 0.717) is 11.0 Å². The standard InChI is InChI=1S/C17H17N5O2S/c1-12-3-8-15(18-9-12)20-16(23)10-25-17-21-19-11-22(17)13-4-6-14(24-2)7-5-13/h3-9,11H,10H2,1-2H3,(H,18,20,23). The smallest absolute Gasteiger partial charge is 0.236 e. The molecule has 0 fully saturated rings. The van der Waals surface area contributed by atoms with Crippen molar-refractivity contribution >= 4 is 23.5 Å². The molecule has 25 heavy (non-hydrogen) atoms. The minimum Gasteiger partial charge on any atom is -0.497 e. The molecule has 0 bridgehead atoms. The van der Waals surface area contributed by atoms with Crippen molar-refractivity contribution in [2.24, 2.45) is 0 Å². The molecule has 0 radical (unpaired) electrons. The van der Waals surface area contributed by atoms with E-state index in [1.54, 1.807) is 25.7 Å². The molecule has 0 aliphatic carbocycles. The number of ether oxygens (including phenoxy) is 1. The molecule has 2 aromatic heterocycles. The summed E-state index contributed by atoms with van der Waals surface area (Å²) >= 11 is 1.31. The number of aromatic nitrogens is 4. The van der Waals surface area contributed by atoms with E-state index in [1.807, 2.05) is 41.8 Å². The maximum absolute atomic E-state index is 12.1. The van der Waals surface area contributed by atoms with Crippen LogP contribution in [-0.4, -0.2) is 38.5 Å². The molecule has 2 heterocycles. The molecule has 3 aromatic rings. The molecular weight excluding hydrogens is 338 g/mol. The highest BCUT2D eigenvalue weighted by atomic mass is 32.2. The normalized spacial score (nSPS) is 10.5. The van der Waals surface area contributed by atoms with E-state index in [9.17, 15) is 4.79 Å². The van der Waals surface area contributed by atoms with Crippen LogP contribution in [0.1, 0.15) is 5.56 Å². The van der Waals surface area contributed by atoms with Crippen LogP contribution in [0.3, 0.4) is 0 Å². The number of thioether (sulfide) groups is 1. The molecule has 1 aromatic carbocycles. The number of nitrogens with one attached hydrogen (secondary N) is 1. The Morgan fingerprint density at radius 3 is 2.72 bits per heavy atom. The van der Waals surface area contributed by atoms with Crippen molar-refractivity contribution in [3.63, 3.8) is 0 Å². The van der Waals surface area contributed by atoms with Gasteiger partial charge in [-0.25, -0.2) is 4.98 Å². The molecule has 1 N–H and O–H groups in total. The molecule has 7 nitrogen and oxygen atoms in total. The predicted octanol–water partition coefficient (Wildman–Crippen LogP) is 2.71. The molecule has 3 rings (SSSR count). The van der Waals surface area contributed by atoms with Gasteiger partial charge >= 0.3 is 0 Å². The van der Waals surface area contributed by atoms with Gasteiger partial charge < -0.3 is 10.1 Å². The van der Waals surface area contributed by atoms with Crippen LogP contribution < -0.4 is 10.1 Å². The van der Waals surface area contributed by atoms with Gasteiger partial charge in [0, 0.05) is 11.9 Å². The van der Waals surface area contributed by atoms with Gasteiger partial charge in [-0.3, -0.25) is 9.36 Å². The lowest BCUT2D eigenvalue weighted by atomic mass is 10.3. The summed E-state index contributed by atoms with van der Waals surface area (Å²) in [5.74, 6) is 1.37. The number of carbonyl (C=O) groups is 1. The lowest BCUT2D eigenvalue weighted by molar-refractivity contribution is -0.113. The predicted molar refractivity (Wildman–Crippen MR) is 96.2 cm³/mol. The average molecular weight is 355 g/mol. The summed E-state index contributed by atoms with van der Waals surface area (Å²) in [5.41, 5.74) is 1.94. The number of benzene rings is 1. The van der Waals surface area contributed by atoms with Crippen LogP contribution in [-0.2, 0) is 4.79 Å². The molecule has 0 saturated carbocycles. The van der Waals surface area contributed by atoms with E-state index >= 15 is 0 Å². The third-order valence-electron chi connectivity index (χ3n) is 3.38. The van der Waals surface area contributed by atoms with Crippen molar-refractivity contribution in [3.05, 3.63) is 54.5 Å². The molecular formula is C17H17N5O2S. The van der Waals surface area contributed by atoms with Gasteiger partial charge in [0.1, 0.15) is 17.9 Å². The third-order valence-corrected chi connectivity index (χ3v) is 4.32. The topological polar surface area (TPSA) is 81.9 Å². The highest BCUT2D eigenvalue weighted by molar-refractivity contribution is 7.99.